The lowest BCUT2D eigenvalue weighted by Gasteiger charge is -2.26. The van der Waals surface area contributed by atoms with Gasteiger partial charge in [-0.3, -0.25) is 4.79 Å². The van der Waals surface area contributed by atoms with E-state index in [0.717, 1.165) is 45.3 Å². The smallest absolute Gasteiger partial charge is 0.391 e. The van der Waals surface area contributed by atoms with Crippen LogP contribution in [0, 0.1) is 0 Å². The number of anilines is 2. The molecule has 1 fully saturated rings. The summed E-state index contributed by atoms with van der Waals surface area (Å²) in [6.07, 6.45) is 1.76. The molecule has 1 saturated heterocycles. The molecule has 1 heterocycles. The summed E-state index contributed by atoms with van der Waals surface area (Å²) in [5.41, 5.74) is 1.37. The third-order valence-electron chi connectivity index (χ3n) is 9.62. The van der Waals surface area contributed by atoms with E-state index in [1.54, 1.807) is 66.7 Å². The number of carbonyl (C=O) groups is 1. The average molecular weight is 921 g/mol. The van der Waals surface area contributed by atoms with Gasteiger partial charge in [-0.05, 0) is 92.9 Å². The van der Waals surface area contributed by atoms with Crippen molar-refractivity contribution in [3.8, 4) is 23.0 Å². The number of unbranched alkanes of at least 4 members (excludes halogenated alkanes) is 2. The van der Waals surface area contributed by atoms with Gasteiger partial charge in [-0.1, -0.05) is 69.5 Å². The number of carbonyl (C=O) groups excluding carboxylic acids is 1. The molecule has 0 atom stereocenters. The molecule has 0 bridgehead atoms. The van der Waals surface area contributed by atoms with Crippen LogP contribution in [0.3, 0.4) is 0 Å². The molecule has 0 aromatic heterocycles. The second kappa shape index (κ2) is 24.8. The van der Waals surface area contributed by atoms with Crippen molar-refractivity contribution in [2.24, 2.45) is 10.3 Å². The summed E-state index contributed by atoms with van der Waals surface area (Å²) in [5.74, 6) is 0.653. The fourth-order valence-corrected chi connectivity index (χ4v) is 7.80. The van der Waals surface area contributed by atoms with Crippen molar-refractivity contribution in [3.05, 3.63) is 96.1 Å². The first-order chi connectivity index (χ1) is 30.0. The van der Waals surface area contributed by atoms with E-state index in [1.165, 1.54) is 31.4 Å². The highest BCUT2D eigenvalue weighted by atomic mass is 32.2. The van der Waals surface area contributed by atoms with Crippen LogP contribution in [0.25, 0.3) is 0 Å². The maximum absolute atomic E-state index is 12.9. The van der Waals surface area contributed by atoms with Gasteiger partial charge in [0.15, 0.2) is 11.5 Å². The molecular weight excluding hydrogens is 862 g/mol. The van der Waals surface area contributed by atoms with Crippen LogP contribution in [0.4, 0.5) is 24.5 Å². The number of halogens is 3. The Hall–Kier alpha value is -4.92. The topological polar surface area (TPSA) is 204 Å². The SMILES string of the molecule is CCCCNc1cc(C(=O)NCCN2CCCCC2)cc(S(N)(=O)=O)c1Oc1ccccc1.CCCCNc1cc(COCCC(F)(F)F)cc(S(N)(=O)=O)c1Oc1ccccc1. The van der Waals surface area contributed by atoms with E-state index in [-0.39, 0.29) is 39.4 Å². The highest BCUT2D eigenvalue weighted by Gasteiger charge is 2.27. The largest absolute Gasteiger partial charge is 0.454 e. The number of benzene rings is 4. The van der Waals surface area contributed by atoms with Crippen molar-refractivity contribution in [3.63, 3.8) is 0 Å². The van der Waals surface area contributed by atoms with Gasteiger partial charge in [-0.25, -0.2) is 27.1 Å². The monoisotopic (exact) mass is 920 g/mol. The van der Waals surface area contributed by atoms with E-state index >= 15 is 0 Å². The van der Waals surface area contributed by atoms with E-state index < -0.39 is 39.3 Å². The Morgan fingerprint density at radius 1 is 0.714 bits per heavy atom. The first-order valence-corrected chi connectivity index (χ1v) is 24.1. The average Bonchev–Trinajstić information content (AvgIpc) is 3.24. The van der Waals surface area contributed by atoms with Crippen molar-refractivity contribution >= 4 is 37.3 Å². The van der Waals surface area contributed by atoms with Gasteiger partial charge in [-0.2, -0.15) is 13.2 Å². The number of piperidine rings is 1. The summed E-state index contributed by atoms with van der Waals surface area (Å²) in [6.45, 7) is 7.83. The summed E-state index contributed by atoms with van der Waals surface area (Å²) < 4.78 is 103. The molecule has 14 nitrogen and oxygen atoms in total. The minimum atomic E-state index is -4.33. The third kappa shape index (κ3) is 17.6. The number of nitrogens with one attached hydrogen (secondary N) is 3. The Kier molecular flexibility index (Phi) is 20.0. The summed E-state index contributed by atoms with van der Waals surface area (Å²) in [7, 11) is -8.34. The van der Waals surface area contributed by atoms with Crippen molar-refractivity contribution in [1.29, 1.82) is 0 Å². The molecule has 0 spiro atoms. The molecule has 0 radical (unpaired) electrons. The number of rotatable bonds is 22. The normalized spacial score (nSPS) is 13.4. The number of ether oxygens (including phenoxy) is 3. The lowest BCUT2D eigenvalue weighted by atomic mass is 10.1. The number of nitrogens with two attached hydrogens (primary N) is 2. The highest BCUT2D eigenvalue weighted by Crippen LogP contribution is 2.39. The molecule has 0 aliphatic carbocycles. The third-order valence-corrected chi connectivity index (χ3v) is 11.5. The first-order valence-electron chi connectivity index (χ1n) is 21.0. The molecule has 19 heteroatoms. The Morgan fingerprint density at radius 3 is 1.71 bits per heavy atom. The molecule has 1 aliphatic heterocycles. The molecule has 0 unspecified atom stereocenters. The second-order valence-corrected chi connectivity index (χ2v) is 17.9. The summed E-state index contributed by atoms with van der Waals surface area (Å²) >= 11 is 0. The van der Waals surface area contributed by atoms with Crippen LogP contribution in [0.5, 0.6) is 23.0 Å². The molecule has 5 rings (SSSR count). The number of nitrogens with zero attached hydrogens (tertiary/aromatic N) is 1. The first kappa shape index (κ1) is 50.7. The predicted octanol–water partition coefficient (Wildman–Crippen LogP) is 8.36. The van der Waals surface area contributed by atoms with Crippen LogP contribution in [0.15, 0.2) is 94.7 Å². The Balaban J connectivity index is 0.000000278. The fraction of sp³-hybridized carbons (Fsp3) is 0.432. The van der Waals surface area contributed by atoms with E-state index in [2.05, 4.69) is 27.8 Å². The molecule has 1 amide bonds. The summed E-state index contributed by atoms with van der Waals surface area (Å²) in [6, 6.07) is 23.2. The standard InChI is InChI=1S/C24H34N4O4S.C20H25F3N2O4S/c1-2-3-12-26-21-17-19(24(29)27-13-16-28-14-8-5-9-15-28)18-22(33(25,30)31)23(21)32-20-10-6-4-7-11-20;1-2-3-10-25-17-12-15(14-28-11-9-20(21,22)23)13-18(30(24,26)27)19(17)29-16-7-5-4-6-8-16/h4,6-7,10-11,17-18,26H,2-3,5,8-9,12-16H2,1H3,(H,27,29)(H2,25,30,31);4-8,12-13,25H,2-3,9-11,14H2,1H3,(H2,24,26,27). The minimum absolute atomic E-state index is 0.0267. The van der Waals surface area contributed by atoms with Crippen LogP contribution in [-0.2, 0) is 31.4 Å². The number of alkyl halides is 3. The zero-order chi connectivity index (χ0) is 45.9. The van der Waals surface area contributed by atoms with Crippen molar-refractivity contribution in [2.75, 3.05) is 56.5 Å². The van der Waals surface area contributed by atoms with Gasteiger partial charge in [0, 0.05) is 31.7 Å². The number of amides is 1. The number of primary sulfonamides is 2. The van der Waals surface area contributed by atoms with Gasteiger partial charge >= 0.3 is 6.18 Å². The lowest BCUT2D eigenvalue weighted by molar-refractivity contribution is -0.146. The Labute approximate surface area is 369 Å². The minimum Gasteiger partial charge on any atom is -0.454 e. The van der Waals surface area contributed by atoms with Crippen molar-refractivity contribution in [1.82, 2.24) is 10.2 Å². The van der Waals surface area contributed by atoms with E-state index in [0.29, 0.717) is 48.1 Å². The van der Waals surface area contributed by atoms with Gasteiger partial charge in [0.1, 0.15) is 21.3 Å². The number of hydrogen-bond acceptors (Lipinski definition) is 11. The zero-order valence-corrected chi connectivity index (χ0v) is 37.3. The number of sulfonamides is 2. The molecule has 0 saturated carbocycles. The number of hydrogen-bond donors (Lipinski definition) is 5. The molecule has 346 valence electrons. The maximum Gasteiger partial charge on any atom is 0.391 e. The molecule has 7 N–H and O–H groups in total. The van der Waals surface area contributed by atoms with Gasteiger partial charge in [0.05, 0.1) is 31.0 Å². The van der Waals surface area contributed by atoms with Crippen molar-refractivity contribution in [2.45, 2.75) is 87.8 Å². The quantitative estimate of drug-likeness (QED) is 0.0474. The van der Waals surface area contributed by atoms with Crippen LogP contribution in [0.1, 0.15) is 81.1 Å². The van der Waals surface area contributed by atoms with Gasteiger partial charge in [0.2, 0.25) is 20.0 Å². The number of likely N-dealkylation sites (tertiary alicyclic amines) is 1. The maximum atomic E-state index is 12.9. The van der Waals surface area contributed by atoms with E-state index in [1.807, 2.05) is 13.0 Å². The Morgan fingerprint density at radius 2 is 1.22 bits per heavy atom. The Bertz CT molecular complexity index is 2270. The summed E-state index contributed by atoms with van der Waals surface area (Å²) in [4.78, 5) is 14.7. The number of para-hydroxylation sites is 2. The van der Waals surface area contributed by atoms with E-state index in [4.69, 9.17) is 24.5 Å². The second-order valence-electron chi connectivity index (χ2n) is 14.9. The zero-order valence-electron chi connectivity index (χ0n) is 35.7. The highest BCUT2D eigenvalue weighted by molar-refractivity contribution is 7.89. The van der Waals surface area contributed by atoms with Crippen LogP contribution < -0.4 is 35.7 Å². The van der Waals surface area contributed by atoms with Gasteiger partial charge in [0.25, 0.3) is 5.91 Å². The molecule has 1 aliphatic rings. The van der Waals surface area contributed by atoms with Crippen LogP contribution >= 0.6 is 0 Å². The predicted molar refractivity (Wildman–Crippen MR) is 238 cm³/mol. The van der Waals surface area contributed by atoms with Crippen molar-refractivity contribution < 1.29 is 49.0 Å². The van der Waals surface area contributed by atoms with Gasteiger partial charge < -0.3 is 35.1 Å². The summed E-state index contributed by atoms with van der Waals surface area (Å²) in [5, 5.41) is 20.2. The van der Waals surface area contributed by atoms with E-state index in [9.17, 15) is 34.8 Å². The molecular formula is C44H59F3N6O8S2. The molecule has 4 aromatic rings. The van der Waals surface area contributed by atoms with Crippen LogP contribution in [-0.4, -0.2) is 79.7 Å². The fourth-order valence-electron chi connectivity index (χ4n) is 6.37. The molecule has 4 aromatic carbocycles. The van der Waals surface area contributed by atoms with Crippen LogP contribution in [0.2, 0.25) is 0 Å². The van der Waals surface area contributed by atoms with Gasteiger partial charge in [-0.15, -0.1) is 0 Å². The lowest BCUT2D eigenvalue weighted by Crippen LogP contribution is -2.37. The molecule has 63 heavy (non-hydrogen) atoms.